The number of hydrogen-bond acceptors (Lipinski definition) is 3. The molecule has 1 aromatic carbocycles. The molecule has 1 saturated carbocycles. The summed E-state index contributed by atoms with van der Waals surface area (Å²) in [5.74, 6) is 0.818. The molecule has 3 heteroatoms. The Balaban J connectivity index is 1.86. The highest BCUT2D eigenvalue weighted by Gasteiger charge is 2.39. The highest BCUT2D eigenvalue weighted by atomic mass is 16.5. The van der Waals surface area contributed by atoms with E-state index in [1.165, 1.54) is 19.3 Å². The minimum atomic E-state index is 0.585. The van der Waals surface area contributed by atoms with Gasteiger partial charge >= 0.3 is 0 Å². The minimum absolute atomic E-state index is 0.585. The van der Waals surface area contributed by atoms with E-state index < -0.39 is 0 Å². The van der Waals surface area contributed by atoms with Crippen molar-refractivity contribution in [1.29, 1.82) is 0 Å². The van der Waals surface area contributed by atoms with Crippen molar-refractivity contribution in [2.24, 2.45) is 5.41 Å². The summed E-state index contributed by atoms with van der Waals surface area (Å²) in [5.41, 5.74) is 8.51. The van der Waals surface area contributed by atoms with E-state index in [0.29, 0.717) is 5.41 Å². The van der Waals surface area contributed by atoms with Gasteiger partial charge in [0.25, 0.3) is 0 Å². The SMILES string of the molecule is CCC1(CNCc2ccc(OC)cc2N)CC1. The standard InChI is InChI=1S/C14H22N2O/c1-3-14(6-7-14)10-16-9-11-4-5-12(17-2)8-13(11)15/h4-5,8,16H,3,6-7,9-10,15H2,1-2H3. The first kappa shape index (κ1) is 12.2. The maximum Gasteiger partial charge on any atom is 0.120 e. The van der Waals surface area contributed by atoms with E-state index in [2.05, 4.69) is 12.2 Å². The highest BCUT2D eigenvalue weighted by molar-refractivity contribution is 5.51. The van der Waals surface area contributed by atoms with Crippen LogP contribution < -0.4 is 15.8 Å². The van der Waals surface area contributed by atoms with Gasteiger partial charge in [-0.3, -0.25) is 0 Å². The van der Waals surface area contributed by atoms with Gasteiger partial charge in [-0.2, -0.15) is 0 Å². The molecular formula is C14H22N2O. The number of nitrogen functional groups attached to an aromatic ring is 1. The van der Waals surface area contributed by atoms with Gasteiger partial charge in [-0.15, -0.1) is 0 Å². The largest absolute Gasteiger partial charge is 0.497 e. The van der Waals surface area contributed by atoms with Crippen molar-refractivity contribution < 1.29 is 4.74 Å². The van der Waals surface area contributed by atoms with E-state index in [1.54, 1.807) is 7.11 Å². The monoisotopic (exact) mass is 234 g/mol. The molecule has 0 aliphatic heterocycles. The molecule has 1 aromatic rings. The van der Waals surface area contributed by atoms with Gasteiger partial charge in [0.1, 0.15) is 5.75 Å². The van der Waals surface area contributed by atoms with E-state index >= 15 is 0 Å². The molecule has 1 aliphatic carbocycles. The van der Waals surface area contributed by atoms with Crippen LogP contribution in [0, 0.1) is 5.41 Å². The van der Waals surface area contributed by atoms with Crippen LogP contribution in [0.3, 0.4) is 0 Å². The van der Waals surface area contributed by atoms with Crippen LogP contribution in [-0.2, 0) is 6.54 Å². The van der Waals surface area contributed by atoms with E-state index in [9.17, 15) is 0 Å². The molecule has 1 fully saturated rings. The molecule has 94 valence electrons. The summed E-state index contributed by atoms with van der Waals surface area (Å²) < 4.78 is 5.14. The summed E-state index contributed by atoms with van der Waals surface area (Å²) in [5, 5.41) is 3.51. The number of nitrogens with two attached hydrogens (primary N) is 1. The minimum Gasteiger partial charge on any atom is -0.497 e. The molecule has 0 heterocycles. The van der Waals surface area contributed by atoms with Crippen molar-refractivity contribution >= 4 is 5.69 Å². The van der Waals surface area contributed by atoms with Crippen molar-refractivity contribution in [3.05, 3.63) is 23.8 Å². The Labute approximate surface area is 103 Å². The second kappa shape index (κ2) is 4.96. The normalized spacial score (nSPS) is 16.8. The summed E-state index contributed by atoms with van der Waals surface area (Å²) in [7, 11) is 1.66. The third-order valence-corrected chi connectivity index (χ3v) is 3.88. The molecule has 3 N–H and O–H groups in total. The third kappa shape index (κ3) is 2.91. The van der Waals surface area contributed by atoms with Gasteiger partial charge in [-0.25, -0.2) is 0 Å². The summed E-state index contributed by atoms with van der Waals surface area (Å²) >= 11 is 0. The fourth-order valence-corrected chi connectivity index (χ4v) is 2.16. The van der Waals surface area contributed by atoms with Gasteiger partial charge in [-0.05, 0) is 36.3 Å². The summed E-state index contributed by atoms with van der Waals surface area (Å²) in [6, 6.07) is 5.87. The van der Waals surface area contributed by atoms with Crippen LogP contribution in [0.2, 0.25) is 0 Å². The van der Waals surface area contributed by atoms with Crippen LogP contribution >= 0.6 is 0 Å². The number of hydrogen-bond donors (Lipinski definition) is 2. The van der Waals surface area contributed by atoms with Gasteiger partial charge in [0, 0.05) is 24.8 Å². The van der Waals surface area contributed by atoms with Crippen molar-refractivity contribution in [1.82, 2.24) is 5.32 Å². The molecule has 0 saturated heterocycles. The van der Waals surface area contributed by atoms with E-state index in [1.807, 2.05) is 18.2 Å². The Kier molecular flexibility index (Phi) is 3.57. The number of ether oxygens (including phenoxy) is 1. The molecule has 2 rings (SSSR count). The average molecular weight is 234 g/mol. The van der Waals surface area contributed by atoms with Gasteiger partial charge in [0.2, 0.25) is 0 Å². The second-order valence-corrected chi connectivity index (χ2v) is 5.02. The average Bonchev–Trinajstić information content (AvgIpc) is 3.12. The lowest BCUT2D eigenvalue weighted by Crippen LogP contribution is -2.23. The van der Waals surface area contributed by atoms with Crippen molar-refractivity contribution in [2.75, 3.05) is 19.4 Å². The van der Waals surface area contributed by atoms with E-state index in [-0.39, 0.29) is 0 Å². The lowest BCUT2D eigenvalue weighted by atomic mass is 10.0. The Morgan fingerprint density at radius 1 is 1.41 bits per heavy atom. The Bertz CT molecular complexity index is 386. The predicted molar refractivity (Wildman–Crippen MR) is 71.1 cm³/mol. The molecule has 0 bridgehead atoms. The first-order chi connectivity index (χ1) is 8.19. The van der Waals surface area contributed by atoms with Crippen LogP contribution in [0.15, 0.2) is 18.2 Å². The smallest absolute Gasteiger partial charge is 0.120 e. The molecule has 0 amide bonds. The zero-order valence-corrected chi connectivity index (χ0v) is 10.8. The zero-order chi connectivity index (χ0) is 12.3. The lowest BCUT2D eigenvalue weighted by molar-refractivity contribution is 0.414. The van der Waals surface area contributed by atoms with Gasteiger partial charge in [0.15, 0.2) is 0 Å². The first-order valence-corrected chi connectivity index (χ1v) is 6.32. The van der Waals surface area contributed by atoms with Gasteiger partial charge < -0.3 is 15.8 Å². The molecule has 0 radical (unpaired) electrons. The number of benzene rings is 1. The van der Waals surface area contributed by atoms with Gasteiger partial charge in [0.05, 0.1) is 7.11 Å². The molecule has 0 aromatic heterocycles. The quantitative estimate of drug-likeness (QED) is 0.744. The molecule has 1 aliphatic rings. The summed E-state index contributed by atoms with van der Waals surface area (Å²) in [6.45, 7) is 4.23. The topological polar surface area (TPSA) is 47.3 Å². The molecule has 0 unspecified atom stereocenters. The van der Waals surface area contributed by atoms with Crippen LogP contribution in [0.25, 0.3) is 0 Å². The Morgan fingerprint density at radius 2 is 2.18 bits per heavy atom. The molecule has 0 atom stereocenters. The second-order valence-electron chi connectivity index (χ2n) is 5.02. The van der Waals surface area contributed by atoms with Crippen molar-refractivity contribution in [3.8, 4) is 5.75 Å². The number of rotatable bonds is 6. The van der Waals surface area contributed by atoms with Crippen LogP contribution in [0.5, 0.6) is 5.75 Å². The lowest BCUT2D eigenvalue weighted by Gasteiger charge is -2.14. The predicted octanol–water partition coefficient (Wildman–Crippen LogP) is 2.56. The van der Waals surface area contributed by atoms with Crippen molar-refractivity contribution in [3.63, 3.8) is 0 Å². The summed E-state index contributed by atoms with van der Waals surface area (Å²) in [4.78, 5) is 0. The maximum absolute atomic E-state index is 5.97. The fourth-order valence-electron chi connectivity index (χ4n) is 2.16. The molecule has 3 nitrogen and oxygen atoms in total. The van der Waals surface area contributed by atoms with Crippen LogP contribution in [0.4, 0.5) is 5.69 Å². The Morgan fingerprint density at radius 3 is 2.71 bits per heavy atom. The zero-order valence-electron chi connectivity index (χ0n) is 10.8. The maximum atomic E-state index is 5.97. The fraction of sp³-hybridized carbons (Fsp3) is 0.571. The van der Waals surface area contributed by atoms with Crippen LogP contribution in [-0.4, -0.2) is 13.7 Å². The number of anilines is 1. The summed E-state index contributed by atoms with van der Waals surface area (Å²) in [6.07, 6.45) is 4.02. The highest BCUT2D eigenvalue weighted by Crippen LogP contribution is 2.47. The molecule has 17 heavy (non-hydrogen) atoms. The number of methoxy groups -OCH3 is 1. The van der Waals surface area contributed by atoms with E-state index in [4.69, 9.17) is 10.5 Å². The van der Waals surface area contributed by atoms with Crippen LogP contribution in [0.1, 0.15) is 31.7 Å². The molecular weight excluding hydrogens is 212 g/mol. The van der Waals surface area contributed by atoms with Gasteiger partial charge in [-0.1, -0.05) is 13.0 Å². The van der Waals surface area contributed by atoms with Crippen molar-refractivity contribution in [2.45, 2.75) is 32.7 Å². The molecule has 0 spiro atoms. The third-order valence-electron chi connectivity index (χ3n) is 3.88. The first-order valence-electron chi connectivity index (χ1n) is 6.32. The van der Waals surface area contributed by atoms with E-state index in [0.717, 1.165) is 30.1 Å². The Hall–Kier alpha value is -1.22. The number of nitrogens with one attached hydrogen (secondary N) is 1.